The Bertz CT molecular complexity index is 1280. The highest BCUT2D eigenvalue weighted by Crippen LogP contribution is 2.34. The smallest absolute Gasteiger partial charge is 0.416 e. The second-order valence-corrected chi connectivity index (χ2v) is 7.71. The quantitative estimate of drug-likeness (QED) is 0.424. The molecule has 0 aliphatic carbocycles. The minimum Gasteiger partial charge on any atom is -0.497 e. The first-order valence-corrected chi connectivity index (χ1v) is 10.3. The van der Waals surface area contributed by atoms with Gasteiger partial charge in [0.15, 0.2) is 4.96 Å². The number of alkyl halides is 3. The number of methoxy groups -OCH3 is 2. The number of hydrogen-bond acceptors (Lipinski definition) is 5. The summed E-state index contributed by atoms with van der Waals surface area (Å²) in [4.78, 5) is 17.8. The zero-order valence-electron chi connectivity index (χ0n) is 17.1. The molecule has 0 unspecified atom stereocenters. The fourth-order valence-electron chi connectivity index (χ4n) is 3.24. The van der Waals surface area contributed by atoms with Crippen LogP contribution < -0.4 is 14.8 Å². The number of imidazole rings is 1. The number of carbonyl (C=O) groups is 1. The number of nitrogens with zero attached hydrogens (tertiary/aromatic N) is 2. The number of fused-ring (bicyclic) bond motifs is 1. The SMILES string of the molecule is COc1ccc(OC)c(-c2cn3c(CC(=O)Nc4cccc(C(F)(F)F)c4)csc3n2)c1. The lowest BCUT2D eigenvalue weighted by Gasteiger charge is -2.10. The number of ether oxygens (including phenoxy) is 2. The molecule has 2 heterocycles. The monoisotopic (exact) mass is 461 g/mol. The molecule has 2 aromatic heterocycles. The number of thiazole rings is 1. The lowest BCUT2D eigenvalue weighted by atomic mass is 10.1. The highest BCUT2D eigenvalue weighted by Gasteiger charge is 2.30. The molecule has 0 aliphatic heterocycles. The fraction of sp³-hybridized carbons (Fsp3) is 0.182. The van der Waals surface area contributed by atoms with Crippen LogP contribution in [-0.4, -0.2) is 29.5 Å². The average molecular weight is 461 g/mol. The average Bonchev–Trinajstić information content (AvgIpc) is 3.34. The molecule has 10 heteroatoms. The van der Waals surface area contributed by atoms with Gasteiger partial charge in [0, 0.05) is 28.5 Å². The second-order valence-electron chi connectivity index (χ2n) is 6.88. The van der Waals surface area contributed by atoms with Crippen LogP contribution in [0.4, 0.5) is 18.9 Å². The number of halogens is 3. The Morgan fingerprint density at radius 2 is 1.97 bits per heavy atom. The van der Waals surface area contributed by atoms with Gasteiger partial charge >= 0.3 is 6.18 Å². The van der Waals surface area contributed by atoms with E-state index in [0.717, 1.165) is 17.7 Å². The molecule has 2 aromatic carbocycles. The van der Waals surface area contributed by atoms with Crippen LogP contribution in [0.15, 0.2) is 54.0 Å². The maximum Gasteiger partial charge on any atom is 0.416 e. The zero-order valence-corrected chi connectivity index (χ0v) is 17.9. The summed E-state index contributed by atoms with van der Waals surface area (Å²) in [6.45, 7) is 0. The third-order valence-corrected chi connectivity index (χ3v) is 5.67. The highest BCUT2D eigenvalue weighted by molar-refractivity contribution is 7.15. The summed E-state index contributed by atoms with van der Waals surface area (Å²) >= 11 is 1.36. The number of anilines is 1. The summed E-state index contributed by atoms with van der Waals surface area (Å²) in [6, 6.07) is 9.91. The predicted octanol–water partition coefficient (Wildman–Crippen LogP) is 5.28. The van der Waals surface area contributed by atoms with Crippen LogP contribution >= 0.6 is 11.3 Å². The summed E-state index contributed by atoms with van der Waals surface area (Å²) in [5, 5.41) is 4.32. The molecule has 4 aromatic rings. The van der Waals surface area contributed by atoms with Crippen LogP contribution in [0.2, 0.25) is 0 Å². The van der Waals surface area contributed by atoms with Gasteiger partial charge in [-0.3, -0.25) is 9.20 Å². The number of benzene rings is 2. The molecule has 1 amide bonds. The van der Waals surface area contributed by atoms with Crippen molar-refractivity contribution in [3.63, 3.8) is 0 Å². The zero-order chi connectivity index (χ0) is 22.9. The van der Waals surface area contributed by atoms with Crippen molar-refractivity contribution >= 4 is 27.9 Å². The van der Waals surface area contributed by atoms with Gasteiger partial charge in [-0.2, -0.15) is 13.2 Å². The van der Waals surface area contributed by atoms with Crippen molar-refractivity contribution in [2.24, 2.45) is 0 Å². The molecule has 1 N–H and O–H groups in total. The largest absolute Gasteiger partial charge is 0.497 e. The third-order valence-electron chi connectivity index (χ3n) is 4.78. The number of amides is 1. The number of aromatic nitrogens is 2. The first kappa shape index (κ1) is 21.7. The second kappa shape index (κ2) is 8.54. The van der Waals surface area contributed by atoms with Crippen LogP contribution in [0.1, 0.15) is 11.3 Å². The minimum absolute atomic E-state index is 0.0265. The molecule has 0 atom stereocenters. The Morgan fingerprint density at radius 1 is 1.16 bits per heavy atom. The lowest BCUT2D eigenvalue weighted by molar-refractivity contribution is -0.137. The van der Waals surface area contributed by atoms with Crippen molar-refractivity contribution in [1.29, 1.82) is 0 Å². The number of carbonyl (C=O) groups excluding carboxylic acids is 1. The van der Waals surface area contributed by atoms with Gasteiger partial charge in [0.2, 0.25) is 5.91 Å². The topological polar surface area (TPSA) is 64.9 Å². The molecular formula is C22H18F3N3O3S. The number of nitrogens with one attached hydrogen (secondary N) is 1. The molecular weight excluding hydrogens is 443 g/mol. The molecule has 0 bridgehead atoms. The first-order valence-electron chi connectivity index (χ1n) is 9.43. The molecule has 4 rings (SSSR count). The molecule has 6 nitrogen and oxygen atoms in total. The van der Waals surface area contributed by atoms with Crippen molar-refractivity contribution in [3.05, 3.63) is 65.3 Å². The Hall–Kier alpha value is -3.53. The van der Waals surface area contributed by atoms with Crippen LogP contribution in [-0.2, 0) is 17.4 Å². The van der Waals surface area contributed by atoms with Crippen LogP contribution in [0.5, 0.6) is 11.5 Å². The molecule has 166 valence electrons. The number of hydrogen-bond donors (Lipinski definition) is 1. The molecule has 32 heavy (non-hydrogen) atoms. The maximum absolute atomic E-state index is 12.9. The van der Waals surface area contributed by atoms with Gasteiger partial charge in [-0.1, -0.05) is 6.07 Å². The normalized spacial score (nSPS) is 11.5. The van der Waals surface area contributed by atoms with Gasteiger partial charge in [-0.05, 0) is 36.4 Å². The standard InChI is InChI=1S/C22H18F3N3O3S/c1-30-16-6-7-19(31-2)17(10-16)18-11-28-15(12-32-21(28)27-18)9-20(29)26-14-5-3-4-13(8-14)22(23,24)25/h3-8,10-12H,9H2,1-2H3,(H,26,29). The van der Waals surface area contributed by atoms with Gasteiger partial charge < -0.3 is 14.8 Å². The van der Waals surface area contributed by atoms with E-state index in [9.17, 15) is 18.0 Å². The van der Waals surface area contributed by atoms with Gasteiger partial charge in [0.05, 0.1) is 31.9 Å². The highest BCUT2D eigenvalue weighted by atomic mass is 32.1. The van der Waals surface area contributed by atoms with Crippen molar-refractivity contribution in [2.75, 3.05) is 19.5 Å². The summed E-state index contributed by atoms with van der Waals surface area (Å²) in [5.74, 6) is 0.844. The molecule has 0 saturated carbocycles. The van der Waals surface area contributed by atoms with Crippen LogP contribution in [0.3, 0.4) is 0 Å². The van der Waals surface area contributed by atoms with Crippen LogP contribution in [0.25, 0.3) is 16.2 Å². The van der Waals surface area contributed by atoms with Crippen molar-refractivity contribution < 1.29 is 27.4 Å². The molecule has 0 saturated heterocycles. The molecule has 0 spiro atoms. The summed E-state index contributed by atoms with van der Waals surface area (Å²) in [6.07, 6.45) is -2.72. The molecule has 0 aliphatic rings. The van der Waals surface area contributed by atoms with E-state index in [1.54, 1.807) is 42.3 Å². The van der Waals surface area contributed by atoms with E-state index in [1.807, 2.05) is 6.07 Å². The minimum atomic E-state index is -4.48. The van der Waals surface area contributed by atoms with Gasteiger partial charge in [-0.15, -0.1) is 11.3 Å². The van der Waals surface area contributed by atoms with E-state index in [2.05, 4.69) is 10.3 Å². The van der Waals surface area contributed by atoms with Crippen LogP contribution in [0, 0.1) is 0 Å². The molecule has 0 fully saturated rings. The van der Waals surface area contributed by atoms with Crippen molar-refractivity contribution in [3.8, 4) is 22.8 Å². The molecule has 0 radical (unpaired) electrons. The summed E-state index contributed by atoms with van der Waals surface area (Å²) in [5.41, 5.74) is 1.31. The van der Waals surface area contributed by atoms with Gasteiger partial charge in [0.1, 0.15) is 11.5 Å². The Morgan fingerprint density at radius 3 is 2.69 bits per heavy atom. The van der Waals surface area contributed by atoms with Crippen molar-refractivity contribution in [2.45, 2.75) is 12.6 Å². The van der Waals surface area contributed by atoms with Gasteiger partial charge in [-0.25, -0.2) is 4.98 Å². The van der Waals surface area contributed by atoms with Crippen molar-refractivity contribution in [1.82, 2.24) is 9.38 Å². The lowest BCUT2D eigenvalue weighted by Crippen LogP contribution is -2.16. The first-order chi connectivity index (χ1) is 15.3. The van der Waals surface area contributed by atoms with E-state index in [-0.39, 0.29) is 12.1 Å². The van der Waals surface area contributed by atoms with E-state index in [1.165, 1.54) is 23.5 Å². The Kier molecular flexibility index (Phi) is 5.79. The predicted molar refractivity (Wildman–Crippen MR) is 115 cm³/mol. The fourth-order valence-corrected chi connectivity index (χ4v) is 4.12. The Balaban J connectivity index is 1.57. The van der Waals surface area contributed by atoms with Gasteiger partial charge in [0.25, 0.3) is 0 Å². The number of rotatable bonds is 6. The van der Waals surface area contributed by atoms with E-state index in [0.29, 0.717) is 27.8 Å². The van der Waals surface area contributed by atoms with E-state index >= 15 is 0 Å². The Labute approximate surface area is 185 Å². The van der Waals surface area contributed by atoms with E-state index < -0.39 is 17.6 Å². The summed E-state index contributed by atoms with van der Waals surface area (Å²) < 4.78 is 51.2. The summed E-state index contributed by atoms with van der Waals surface area (Å²) in [7, 11) is 3.13. The maximum atomic E-state index is 12.9. The third kappa shape index (κ3) is 4.40. The van der Waals surface area contributed by atoms with E-state index in [4.69, 9.17) is 9.47 Å².